The second-order valence-corrected chi connectivity index (χ2v) is 5.30. The van der Waals surface area contributed by atoms with E-state index in [1.54, 1.807) is 11.8 Å². The lowest BCUT2D eigenvalue weighted by atomic mass is 10.1. The van der Waals surface area contributed by atoms with Gasteiger partial charge in [0.1, 0.15) is 5.37 Å². The molecule has 0 saturated carbocycles. The number of nitrogens with zero attached hydrogens (tertiary/aromatic N) is 1. The molecular weight excluding hydrogens is 182 g/mol. The van der Waals surface area contributed by atoms with E-state index >= 15 is 0 Å². The summed E-state index contributed by atoms with van der Waals surface area (Å²) in [4.78, 5) is 14.1. The highest BCUT2D eigenvalue weighted by Crippen LogP contribution is 2.28. The summed E-state index contributed by atoms with van der Waals surface area (Å²) in [6.45, 7) is 9.35. The highest BCUT2D eigenvalue weighted by molar-refractivity contribution is 8.00. The van der Waals surface area contributed by atoms with E-state index in [2.05, 4.69) is 18.7 Å². The Balaban J connectivity index is 2.63. The van der Waals surface area contributed by atoms with Crippen LogP contribution in [0.25, 0.3) is 0 Å². The molecule has 1 fully saturated rings. The van der Waals surface area contributed by atoms with Gasteiger partial charge in [0, 0.05) is 24.3 Å². The zero-order valence-corrected chi connectivity index (χ0v) is 9.73. The number of thioether (sulfide) groups is 1. The zero-order chi connectivity index (χ0) is 10.0. The first kappa shape index (κ1) is 11.1. The maximum atomic E-state index is 11.8. The molecule has 2 nitrogen and oxygen atoms in total. The van der Waals surface area contributed by atoms with Crippen molar-refractivity contribution in [3.8, 4) is 0 Å². The Kier molecular flexibility index (Phi) is 3.80. The van der Waals surface area contributed by atoms with Crippen LogP contribution in [0, 0.1) is 5.92 Å². The van der Waals surface area contributed by atoms with E-state index in [4.69, 9.17) is 0 Å². The first-order valence-corrected chi connectivity index (χ1v) is 6.00. The highest BCUT2D eigenvalue weighted by Gasteiger charge is 2.33. The Bertz CT molecular complexity index is 191. The van der Waals surface area contributed by atoms with Crippen LogP contribution in [-0.2, 0) is 4.79 Å². The molecule has 0 spiro atoms. The van der Waals surface area contributed by atoms with Crippen LogP contribution in [0.5, 0.6) is 0 Å². The predicted molar refractivity (Wildman–Crippen MR) is 57.9 cm³/mol. The topological polar surface area (TPSA) is 20.3 Å². The molecule has 1 aliphatic rings. The van der Waals surface area contributed by atoms with Gasteiger partial charge in [-0.15, -0.1) is 11.8 Å². The molecule has 1 aliphatic heterocycles. The number of ketones is 1. The number of Topliss-reactive ketones (excluding diaryl/α,β-unsaturated/α-hetero) is 1. The van der Waals surface area contributed by atoms with E-state index in [1.165, 1.54) is 0 Å². The molecule has 0 aromatic heterocycles. The van der Waals surface area contributed by atoms with E-state index in [1.807, 2.05) is 13.8 Å². The molecule has 1 atom stereocenters. The SMILES string of the molecule is CC(C)C(=O)C1SCCN1C(C)C. The molecule has 0 amide bonds. The van der Waals surface area contributed by atoms with Crippen LogP contribution < -0.4 is 0 Å². The fourth-order valence-electron chi connectivity index (χ4n) is 1.54. The molecule has 0 aromatic rings. The van der Waals surface area contributed by atoms with Crippen molar-refractivity contribution in [2.75, 3.05) is 12.3 Å². The third-order valence-electron chi connectivity index (χ3n) is 2.40. The minimum absolute atomic E-state index is 0.125. The van der Waals surface area contributed by atoms with Crippen molar-refractivity contribution in [3.05, 3.63) is 0 Å². The fraction of sp³-hybridized carbons (Fsp3) is 0.900. The van der Waals surface area contributed by atoms with Gasteiger partial charge in [0.05, 0.1) is 0 Å². The molecule has 3 heteroatoms. The van der Waals surface area contributed by atoms with Gasteiger partial charge in [0.2, 0.25) is 0 Å². The van der Waals surface area contributed by atoms with Crippen molar-refractivity contribution >= 4 is 17.5 Å². The molecule has 76 valence electrons. The average molecular weight is 201 g/mol. The largest absolute Gasteiger partial charge is 0.297 e. The second kappa shape index (κ2) is 4.47. The van der Waals surface area contributed by atoms with Crippen molar-refractivity contribution in [1.82, 2.24) is 4.90 Å². The third kappa shape index (κ3) is 2.47. The van der Waals surface area contributed by atoms with Crippen molar-refractivity contribution in [3.63, 3.8) is 0 Å². The monoisotopic (exact) mass is 201 g/mol. The van der Waals surface area contributed by atoms with E-state index in [0.717, 1.165) is 12.3 Å². The minimum Gasteiger partial charge on any atom is -0.297 e. The first-order chi connectivity index (χ1) is 6.04. The molecule has 1 unspecified atom stereocenters. The summed E-state index contributed by atoms with van der Waals surface area (Å²) in [7, 11) is 0. The van der Waals surface area contributed by atoms with Gasteiger partial charge < -0.3 is 0 Å². The lowest BCUT2D eigenvalue weighted by Gasteiger charge is -2.27. The second-order valence-electron chi connectivity index (χ2n) is 4.11. The summed E-state index contributed by atoms with van der Waals surface area (Å²) in [5.74, 6) is 1.65. The number of hydrogen-bond acceptors (Lipinski definition) is 3. The lowest BCUT2D eigenvalue weighted by Crippen LogP contribution is -2.41. The Morgan fingerprint density at radius 1 is 1.38 bits per heavy atom. The Labute approximate surface area is 85.1 Å². The Hall–Kier alpha value is -0.0200. The normalized spacial score (nSPS) is 24.6. The molecule has 0 aliphatic carbocycles. The summed E-state index contributed by atoms with van der Waals surface area (Å²) in [6.07, 6.45) is 0. The zero-order valence-electron chi connectivity index (χ0n) is 8.91. The number of hydrogen-bond donors (Lipinski definition) is 0. The number of carbonyl (C=O) groups is 1. The first-order valence-electron chi connectivity index (χ1n) is 4.95. The molecule has 0 aromatic carbocycles. The molecule has 1 saturated heterocycles. The molecule has 0 bridgehead atoms. The van der Waals surface area contributed by atoms with Crippen LogP contribution >= 0.6 is 11.8 Å². The van der Waals surface area contributed by atoms with Gasteiger partial charge in [-0.05, 0) is 13.8 Å². The third-order valence-corrected chi connectivity index (χ3v) is 3.64. The standard InChI is InChI=1S/C10H19NOS/c1-7(2)9(12)10-11(8(3)4)5-6-13-10/h7-8,10H,5-6H2,1-4H3. The van der Waals surface area contributed by atoms with Crippen LogP contribution in [-0.4, -0.2) is 34.4 Å². The van der Waals surface area contributed by atoms with Crippen molar-refractivity contribution in [2.24, 2.45) is 5.92 Å². The van der Waals surface area contributed by atoms with Gasteiger partial charge in [0.25, 0.3) is 0 Å². The molecular formula is C10H19NOS. The molecule has 0 N–H and O–H groups in total. The summed E-state index contributed by atoms with van der Waals surface area (Å²) >= 11 is 1.79. The smallest absolute Gasteiger partial charge is 0.162 e. The fourth-order valence-corrected chi connectivity index (χ4v) is 3.06. The van der Waals surface area contributed by atoms with Gasteiger partial charge in [-0.3, -0.25) is 9.69 Å². The van der Waals surface area contributed by atoms with Gasteiger partial charge in [-0.1, -0.05) is 13.8 Å². The van der Waals surface area contributed by atoms with Crippen LogP contribution in [0.4, 0.5) is 0 Å². The van der Waals surface area contributed by atoms with Crippen LogP contribution in [0.1, 0.15) is 27.7 Å². The molecule has 0 radical (unpaired) electrons. The van der Waals surface area contributed by atoms with Crippen molar-refractivity contribution in [1.29, 1.82) is 0 Å². The van der Waals surface area contributed by atoms with Crippen molar-refractivity contribution < 1.29 is 4.79 Å². The van der Waals surface area contributed by atoms with Crippen LogP contribution in [0.15, 0.2) is 0 Å². The highest BCUT2D eigenvalue weighted by atomic mass is 32.2. The summed E-state index contributed by atoms with van der Waals surface area (Å²) in [5, 5.41) is 0.125. The Morgan fingerprint density at radius 3 is 2.46 bits per heavy atom. The maximum Gasteiger partial charge on any atom is 0.162 e. The van der Waals surface area contributed by atoms with E-state index in [9.17, 15) is 4.79 Å². The van der Waals surface area contributed by atoms with E-state index in [0.29, 0.717) is 11.8 Å². The summed E-state index contributed by atoms with van der Waals surface area (Å²) in [6, 6.07) is 0.489. The summed E-state index contributed by atoms with van der Waals surface area (Å²) in [5.41, 5.74) is 0. The predicted octanol–water partition coefficient (Wildman–Crippen LogP) is 1.99. The van der Waals surface area contributed by atoms with Gasteiger partial charge in [0.15, 0.2) is 5.78 Å². The molecule has 1 heterocycles. The lowest BCUT2D eigenvalue weighted by molar-refractivity contribution is -0.124. The van der Waals surface area contributed by atoms with Crippen LogP contribution in [0.3, 0.4) is 0 Å². The van der Waals surface area contributed by atoms with E-state index < -0.39 is 0 Å². The van der Waals surface area contributed by atoms with Crippen LogP contribution in [0.2, 0.25) is 0 Å². The number of rotatable bonds is 3. The Morgan fingerprint density at radius 2 is 2.00 bits per heavy atom. The molecule has 13 heavy (non-hydrogen) atoms. The van der Waals surface area contributed by atoms with Gasteiger partial charge >= 0.3 is 0 Å². The van der Waals surface area contributed by atoms with Gasteiger partial charge in [-0.25, -0.2) is 0 Å². The van der Waals surface area contributed by atoms with Gasteiger partial charge in [-0.2, -0.15) is 0 Å². The minimum atomic E-state index is 0.125. The maximum absolute atomic E-state index is 11.8. The number of carbonyl (C=O) groups excluding carboxylic acids is 1. The van der Waals surface area contributed by atoms with Crippen molar-refractivity contribution in [2.45, 2.75) is 39.1 Å². The average Bonchev–Trinajstić information content (AvgIpc) is 2.50. The molecule has 1 rings (SSSR count). The quantitative estimate of drug-likeness (QED) is 0.696. The van der Waals surface area contributed by atoms with E-state index in [-0.39, 0.29) is 11.3 Å². The summed E-state index contributed by atoms with van der Waals surface area (Å²) < 4.78 is 0.